The molecule has 1 saturated heterocycles. The summed E-state index contributed by atoms with van der Waals surface area (Å²) < 4.78 is 17.8. The second-order valence-corrected chi connectivity index (χ2v) is 2.70. The normalized spacial score (nSPS) is 28.8. The average molecular weight is 147 g/mol. The Bertz CT molecular complexity index is 93.6. The summed E-state index contributed by atoms with van der Waals surface area (Å²) in [4.78, 5) is 0. The van der Waals surface area contributed by atoms with E-state index in [1.165, 1.54) is 0 Å². The van der Waals surface area contributed by atoms with E-state index in [4.69, 9.17) is 10.5 Å². The topological polar surface area (TPSA) is 35.2 Å². The van der Waals surface area contributed by atoms with Gasteiger partial charge in [0.2, 0.25) is 0 Å². The van der Waals surface area contributed by atoms with Gasteiger partial charge in [-0.1, -0.05) is 0 Å². The lowest BCUT2D eigenvalue weighted by Crippen LogP contribution is -2.21. The molecule has 0 radical (unpaired) electrons. The van der Waals surface area contributed by atoms with Gasteiger partial charge in [-0.3, -0.25) is 0 Å². The van der Waals surface area contributed by atoms with Crippen LogP contribution in [0.3, 0.4) is 0 Å². The van der Waals surface area contributed by atoms with Crippen LogP contribution in [0.25, 0.3) is 0 Å². The summed E-state index contributed by atoms with van der Waals surface area (Å²) in [5.41, 5.74) is 5.12. The average Bonchev–Trinajstić information content (AvgIpc) is 2.40. The van der Waals surface area contributed by atoms with Crippen molar-refractivity contribution in [2.75, 3.05) is 13.2 Å². The molecule has 0 bridgehead atoms. The summed E-state index contributed by atoms with van der Waals surface area (Å²) in [7, 11) is 0. The van der Waals surface area contributed by atoms with Crippen LogP contribution in [0.5, 0.6) is 0 Å². The van der Waals surface area contributed by atoms with Crippen LogP contribution in [0.1, 0.15) is 19.3 Å². The van der Waals surface area contributed by atoms with E-state index in [1.807, 2.05) is 0 Å². The summed E-state index contributed by atoms with van der Waals surface area (Å²) >= 11 is 0. The number of rotatable bonds is 3. The van der Waals surface area contributed by atoms with Crippen LogP contribution in [-0.2, 0) is 4.74 Å². The highest BCUT2D eigenvalue weighted by Crippen LogP contribution is 2.17. The molecule has 0 aromatic heterocycles. The maximum absolute atomic E-state index is 12.6. The molecular weight excluding hydrogens is 133 g/mol. The Morgan fingerprint density at radius 2 is 2.50 bits per heavy atom. The molecule has 2 nitrogen and oxygen atoms in total. The van der Waals surface area contributed by atoms with E-state index in [-0.39, 0.29) is 12.6 Å². The zero-order valence-electron chi connectivity index (χ0n) is 6.05. The van der Waals surface area contributed by atoms with Gasteiger partial charge in [0.15, 0.2) is 0 Å². The Kier molecular flexibility index (Phi) is 3.09. The fraction of sp³-hybridized carbons (Fsp3) is 1.00. The summed E-state index contributed by atoms with van der Waals surface area (Å²) in [6.45, 7) is 0.918. The molecule has 0 unspecified atom stereocenters. The standard InChI is InChI=1S/C7H14FNO/c8-6(5-9)4-7-2-1-3-10-7/h6-7H,1-5,9H2/t6-,7-/m1/s1. The maximum atomic E-state index is 12.6. The molecule has 10 heavy (non-hydrogen) atoms. The molecule has 0 aromatic rings. The number of ether oxygens (including phenoxy) is 1. The molecule has 2 N–H and O–H groups in total. The molecule has 1 heterocycles. The van der Waals surface area contributed by atoms with E-state index in [0.29, 0.717) is 6.42 Å². The van der Waals surface area contributed by atoms with Crippen molar-refractivity contribution in [1.82, 2.24) is 0 Å². The number of halogens is 1. The third-order valence-corrected chi connectivity index (χ3v) is 1.80. The zero-order chi connectivity index (χ0) is 7.40. The first-order chi connectivity index (χ1) is 4.83. The van der Waals surface area contributed by atoms with E-state index in [9.17, 15) is 4.39 Å². The van der Waals surface area contributed by atoms with Gasteiger partial charge in [0.25, 0.3) is 0 Å². The van der Waals surface area contributed by atoms with Gasteiger partial charge in [-0.2, -0.15) is 0 Å². The van der Waals surface area contributed by atoms with Gasteiger partial charge >= 0.3 is 0 Å². The predicted molar refractivity (Wildman–Crippen MR) is 37.5 cm³/mol. The van der Waals surface area contributed by atoms with Crippen molar-refractivity contribution >= 4 is 0 Å². The van der Waals surface area contributed by atoms with Gasteiger partial charge in [0.1, 0.15) is 6.17 Å². The van der Waals surface area contributed by atoms with E-state index in [0.717, 1.165) is 19.4 Å². The van der Waals surface area contributed by atoms with Crippen molar-refractivity contribution in [1.29, 1.82) is 0 Å². The van der Waals surface area contributed by atoms with Crippen LogP contribution in [0.2, 0.25) is 0 Å². The van der Waals surface area contributed by atoms with E-state index in [2.05, 4.69) is 0 Å². The number of hydrogen-bond donors (Lipinski definition) is 1. The first-order valence-electron chi connectivity index (χ1n) is 3.78. The highest BCUT2D eigenvalue weighted by atomic mass is 19.1. The van der Waals surface area contributed by atoms with Crippen LogP contribution < -0.4 is 5.73 Å². The number of alkyl halides is 1. The lowest BCUT2D eigenvalue weighted by atomic mass is 10.1. The molecular formula is C7H14FNO. The molecule has 1 aliphatic rings. The van der Waals surface area contributed by atoms with E-state index < -0.39 is 6.17 Å². The first kappa shape index (κ1) is 7.95. The molecule has 60 valence electrons. The molecule has 1 aliphatic heterocycles. The molecule has 1 fully saturated rings. The number of hydrogen-bond acceptors (Lipinski definition) is 2. The van der Waals surface area contributed by atoms with Crippen LogP contribution in [-0.4, -0.2) is 25.4 Å². The molecule has 0 saturated carbocycles. The minimum atomic E-state index is -0.872. The lowest BCUT2D eigenvalue weighted by Gasteiger charge is -2.10. The van der Waals surface area contributed by atoms with Crippen LogP contribution in [0, 0.1) is 0 Å². The van der Waals surface area contributed by atoms with Crippen molar-refractivity contribution in [3.8, 4) is 0 Å². The van der Waals surface area contributed by atoms with Gasteiger partial charge in [-0.05, 0) is 12.8 Å². The molecule has 0 spiro atoms. The van der Waals surface area contributed by atoms with Crippen molar-refractivity contribution in [3.05, 3.63) is 0 Å². The monoisotopic (exact) mass is 147 g/mol. The van der Waals surface area contributed by atoms with Gasteiger partial charge in [-0.25, -0.2) is 4.39 Å². The first-order valence-corrected chi connectivity index (χ1v) is 3.78. The van der Waals surface area contributed by atoms with Gasteiger partial charge in [-0.15, -0.1) is 0 Å². The SMILES string of the molecule is NC[C@H](F)C[C@H]1CCCO1. The highest BCUT2D eigenvalue weighted by Gasteiger charge is 2.19. The van der Waals surface area contributed by atoms with Gasteiger partial charge < -0.3 is 10.5 Å². The van der Waals surface area contributed by atoms with Crippen molar-refractivity contribution in [2.45, 2.75) is 31.5 Å². The summed E-state index contributed by atoms with van der Waals surface area (Å²) in [5, 5.41) is 0. The molecule has 0 amide bonds. The second-order valence-electron chi connectivity index (χ2n) is 2.70. The Morgan fingerprint density at radius 3 is 3.00 bits per heavy atom. The van der Waals surface area contributed by atoms with Gasteiger partial charge in [0, 0.05) is 19.6 Å². The summed E-state index contributed by atoms with van der Waals surface area (Å²) in [6.07, 6.45) is 1.82. The molecule has 1 rings (SSSR count). The van der Waals surface area contributed by atoms with Gasteiger partial charge in [0.05, 0.1) is 6.10 Å². The van der Waals surface area contributed by atoms with Crippen molar-refractivity contribution in [3.63, 3.8) is 0 Å². The van der Waals surface area contributed by atoms with Crippen LogP contribution in [0.15, 0.2) is 0 Å². The fourth-order valence-electron chi connectivity index (χ4n) is 1.21. The second kappa shape index (κ2) is 3.88. The zero-order valence-corrected chi connectivity index (χ0v) is 6.05. The smallest absolute Gasteiger partial charge is 0.115 e. The molecule has 0 aromatic carbocycles. The summed E-state index contributed by atoms with van der Waals surface area (Å²) in [5.74, 6) is 0. The Balaban J connectivity index is 2.11. The van der Waals surface area contributed by atoms with Crippen LogP contribution in [0.4, 0.5) is 4.39 Å². The quantitative estimate of drug-likeness (QED) is 0.642. The minimum absolute atomic E-state index is 0.125. The maximum Gasteiger partial charge on any atom is 0.115 e. The predicted octanol–water partition coefficient (Wildman–Crippen LogP) is 0.852. The van der Waals surface area contributed by atoms with E-state index in [1.54, 1.807) is 0 Å². The molecule has 0 aliphatic carbocycles. The number of nitrogens with two attached hydrogens (primary N) is 1. The largest absolute Gasteiger partial charge is 0.378 e. The summed E-state index contributed by atoms with van der Waals surface area (Å²) in [6, 6.07) is 0. The molecule has 2 atom stereocenters. The van der Waals surface area contributed by atoms with Crippen LogP contribution >= 0.6 is 0 Å². The Hall–Kier alpha value is -0.150. The highest BCUT2D eigenvalue weighted by molar-refractivity contribution is 4.69. The molecule has 3 heteroatoms. The minimum Gasteiger partial charge on any atom is -0.378 e. The lowest BCUT2D eigenvalue weighted by molar-refractivity contribution is 0.0825. The third-order valence-electron chi connectivity index (χ3n) is 1.80. The Morgan fingerprint density at radius 1 is 1.70 bits per heavy atom. The van der Waals surface area contributed by atoms with E-state index >= 15 is 0 Å². The third kappa shape index (κ3) is 2.23. The Labute approximate surface area is 60.5 Å². The van der Waals surface area contributed by atoms with Crippen molar-refractivity contribution < 1.29 is 9.13 Å². The van der Waals surface area contributed by atoms with Crippen molar-refractivity contribution in [2.24, 2.45) is 5.73 Å². The fourth-order valence-corrected chi connectivity index (χ4v) is 1.21.